The van der Waals surface area contributed by atoms with Gasteiger partial charge in [-0.25, -0.2) is 0 Å². The van der Waals surface area contributed by atoms with Crippen molar-refractivity contribution in [2.24, 2.45) is 0 Å². The van der Waals surface area contributed by atoms with Crippen molar-refractivity contribution in [1.82, 2.24) is 0 Å². The van der Waals surface area contributed by atoms with E-state index in [-0.39, 0.29) is 17.4 Å². The Kier molecular flexibility index (Phi) is 7.57. The number of aromatic hydroxyl groups is 3. The first-order valence-corrected chi connectivity index (χ1v) is 10.5. The average Bonchev–Trinajstić information content (AvgIpc) is 2.73. The van der Waals surface area contributed by atoms with Gasteiger partial charge in [0.05, 0.1) is 0 Å². The minimum Gasteiger partial charge on any atom is -0.508 e. The average molecular weight is 391 g/mol. The van der Waals surface area contributed by atoms with Crippen LogP contribution in [0, 0.1) is 0 Å². The van der Waals surface area contributed by atoms with Gasteiger partial charge < -0.3 is 15.3 Å². The monoisotopic (exact) mass is 390 g/mol. The first kappa shape index (κ1) is 20.8. The molecule has 3 aromatic rings. The maximum atomic E-state index is 10.3. The number of phenols is 3. The molecule has 0 saturated heterocycles. The molecule has 152 valence electrons. The van der Waals surface area contributed by atoms with E-state index in [1.807, 2.05) is 54.6 Å². The number of rotatable bonds is 10. The maximum absolute atomic E-state index is 10.3. The van der Waals surface area contributed by atoms with Crippen molar-refractivity contribution in [3.05, 3.63) is 89.5 Å². The van der Waals surface area contributed by atoms with Gasteiger partial charge >= 0.3 is 0 Å². The molecule has 0 aliphatic heterocycles. The molecular formula is C26H30O3. The zero-order valence-electron chi connectivity index (χ0n) is 16.8. The first-order valence-electron chi connectivity index (χ1n) is 10.5. The van der Waals surface area contributed by atoms with Gasteiger partial charge in [-0.3, -0.25) is 0 Å². The third-order valence-corrected chi connectivity index (χ3v) is 5.55. The Morgan fingerprint density at radius 3 is 1.59 bits per heavy atom. The summed E-state index contributed by atoms with van der Waals surface area (Å²) in [6.07, 6.45) is 7.27. The van der Waals surface area contributed by atoms with E-state index in [0.717, 1.165) is 61.6 Å². The van der Waals surface area contributed by atoms with E-state index in [1.54, 1.807) is 18.2 Å². The summed E-state index contributed by atoms with van der Waals surface area (Å²) < 4.78 is 0. The van der Waals surface area contributed by atoms with Crippen LogP contribution in [0.15, 0.2) is 72.8 Å². The Hall–Kier alpha value is -2.94. The van der Waals surface area contributed by atoms with Crippen LogP contribution in [0.1, 0.15) is 61.1 Å². The molecule has 3 N–H and O–H groups in total. The highest BCUT2D eigenvalue weighted by molar-refractivity contribution is 5.45. The molecular weight excluding hydrogens is 360 g/mol. The molecule has 0 saturated carbocycles. The summed E-state index contributed by atoms with van der Waals surface area (Å²) >= 11 is 0. The van der Waals surface area contributed by atoms with E-state index in [2.05, 4.69) is 0 Å². The normalized spacial score (nSPS) is 11.1. The SMILES string of the molecule is Oc1ccccc1CCCCCCCC(c1ccccc1O)c1ccccc1O. The molecule has 0 aromatic heterocycles. The predicted octanol–water partition coefficient (Wildman–Crippen LogP) is 6.52. The highest BCUT2D eigenvalue weighted by atomic mass is 16.3. The van der Waals surface area contributed by atoms with Gasteiger partial charge in [-0.2, -0.15) is 0 Å². The molecule has 3 aromatic carbocycles. The van der Waals surface area contributed by atoms with E-state index in [4.69, 9.17) is 0 Å². The Morgan fingerprint density at radius 2 is 1.00 bits per heavy atom. The van der Waals surface area contributed by atoms with Crippen LogP contribution in [-0.2, 0) is 6.42 Å². The van der Waals surface area contributed by atoms with Crippen LogP contribution in [0.4, 0.5) is 0 Å². The zero-order valence-corrected chi connectivity index (χ0v) is 16.8. The van der Waals surface area contributed by atoms with Gasteiger partial charge in [0.15, 0.2) is 0 Å². The van der Waals surface area contributed by atoms with Crippen LogP contribution in [0.3, 0.4) is 0 Å². The third kappa shape index (κ3) is 5.77. The summed E-state index contributed by atoms with van der Waals surface area (Å²) in [4.78, 5) is 0. The van der Waals surface area contributed by atoms with Crippen molar-refractivity contribution in [3.8, 4) is 17.2 Å². The second-order valence-corrected chi connectivity index (χ2v) is 7.61. The number of unbranched alkanes of at least 4 members (excludes halogenated alkanes) is 4. The number of para-hydroxylation sites is 3. The van der Waals surface area contributed by atoms with Gasteiger partial charge in [-0.1, -0.05) is 80.3 Å². The second-order valence-electron chi connectivity index (χ2n) is 7.61. The number of hydrogen-bond donors (Lipinski definition) is 3. The Bertz CT molecular complexity index is 858. The second kappa shape index (κ2) is 10.6. The molecule has 3 heteroatoms. The highest BCUT2D eigenvalue weighted by Crippen LogP contribution is 2.38. The van der Waals surface area contributed by atoms with E-state index in [9.17, 15) is 15.3 Å². The summed E-state index contributed by atoms with van der Waals surface area (Å²) in [6.45, 7) is 0. The van der Waals surface area contributed by atoms with Crippen molar-refractivity contribution in [2.45, 2.75) is 50.9 Å². The number of benzene rings is 3. The molecule has 0 amide bonds. The fourth-order valence-electron chi connectivity index (χ4n) is 3.96. The third-order valence-electron chi connectivity index (χ3n) is 5.55. The first-order chi connectivity index (χ1) is 14.2. The van der Waals surface area contributed by atoms with Crippen LogP contribution < -0.4 is 0 Å². The topological polar surface area (TPSA) is 60.7 Å². The van der Waals surface area contributed by atoms with Crippen molar-refractivity contribution in [3.63, 3.8) is 0 Å². The Morgan fingerprint density at radius 1 is 0.517 bits per heavy atom. The van der Waals surface area contributed by atoms with Crippen molar-refractivity contribution in [2.75, 3.05) is 0 Å². The van der Waals surface area contributed by atoms with Gasteiger partial charge in [-0.05, 0) is 43.0 Å². The zero-order chi connectivity index (χ0) is 20.5. The minimum atomic E-state index is -0.0151. The largest absolute Gasteiger partial charge is 0.508 e. The summed E-state index contributed by atoms with van der Waals surface area (Å²) in [5.74, 6) is 0.936. The van der Waals surface area contributed by atoms with E-state index < -0.39 is 0 Å². The lowest BCUT2D eigenvalue weighted by Crippen LogP contribution is -2.02. The van der Waals surface area contributed by atoms with Gasteiger partial charge in [-0.15, -0.1) is 0 Å². The van der Waals surface area contributed by atoms with Crippen molar-refractivity contribution >= 4 is 0 Å². The van der Waals surface area contributed by atoms with Gasteiger partial charge in [0.25, 0.3) is 0 Å². The molecule has 0 heterocycles. The Labute approximate surface area is 173 Å². The Balaban J connectivity index is 1.51. The summed E-state index contributed by atoms with van der Waals surface area (Å²) in [7, 11) is 0. The molecule has 3 rings (SSSR count). The molecule has 0 unspecified atom stereocenters. The van der Waals surface area contributed by atoms with Crippen LogP contribution >= 0.6 is 0 Å². The smallest absolute Gasteiger partial charge is 0.119 e. The van der Waals surface area contributed by atoms with Crippen LogP contribution in [0.2, 0.25) is 0 Å². The fourth-order valence-corrected chi connectivity index (χ4v) is 3.96. The molecule has 29 heavy (non-hydrogen) atoms. The van der Waals surface area contributed by atoms with Crippen molar-refractivity contribution in [1.29, 1.82) is 0 Å². The highest BCUT2D eigenvalue weighted by Gasteiger charge is 2.19. The van der Waals surface area contributed by atoms with Crippen molar-refractivity contribution < 1.29 is 15.3 Å². The molecule has 0 aliphatic carbocycles. The molecule has 0 fully saturated rings. The van der Waals surface area contributed by atoms with Crippen LogP contribution in [0.5, 0.6) is 17.2 Å². The minimum absolute atomic E-state index is 0.0151. The summed E-state index contributed by atoms with van der Waals surface area (Å²) in [5.41, 5.74) is 2.76. The molecule has 0 atom stereocenters. The fraction of sp³-hybridized carbons (Fsp3) is 0.308. The predicted molar refractivity (Wildman–Crippen MR) is 118 cm³/mol. The lowest BCUT2D eigenvalue weighted by atomic mass is 9.85. The molecule has 0 bridgehead atoms. The lowest BCUT2D eigenvalue weighted by Gasteiger charge is -2.20. The molecule has 3 nitrogen and oxygen atoms in total. The standard InChI is InChI=1S/C26H30O3/c27-24-17-9-6-13-20(24)12-4-2-1-3-5-14-21(22-15-7-10-18-25(22)28)23-16-8-11-19-26(23)29/h6-11,13,15-19,21,27-29H,1-5,12,14H2. The van der Waals surface area contributed by atoms with E-state index in [1.165, 1.54) is 0 Å². The van der Waals surface area contributed by atoms with Crippen LogP contribution in [0.25, 0.3) is 0 Å². The van der Waals surface area contributed by atoms with Gasteiger partial charge in [0.1, 0.15) is 17.2 Å². The van der Waals surface area contributed by atoms with Crippen LogP contribution in [-0.4, -0.2) is 15.3 Å². The quantitative estimate of drug-likeness (QED) is 0.345. The lowest BCUT2D eigenvalue weighted by molar-refractivity contribution is 0.447. The van der Waals surface area contributed by atoms with E-state index >= 15 is 0 Å². The van der Waals surface area contributed by atoms with Gasteiger partial charge in [0.2, 0.25) is 0 Å². The summed E-state index contributed by atoms with van der Waals surface area (Å²) in [6, 6.07) is 22.4. The van der Waals surface area contributed by atoms with Gasteiger partial charge in [0, 0.05) is 17.0 Å². The maximum Gasteiger partial charge on any atom is 0.119 e. The molecule has 0 aliphatic rings. The molecule has 0 spiro atoms. The number of hydrogen-bond acceptors (Lipinski definition) is 3. The number of phenolic OH excluding ortho intramolecular Hbond substituents is 3. The summed E-state index contributed by atoms with van der Waals surface area (Å²) in [5, 5.41) is 30.5. The number of aryl methyl sites for hydroxylation is 1. The molecule has 0 radical (unpaired) electrons. The van der Waals surface area contributed by atoms with E-state index in [0.29, 0.717) is 5.75 Å².